The first-order chi connectivity index (χ1) is 12.0. The van der Waals surface area contributed by atoms with Crippen LogP contribution in [0.4, 0.5) is 8.78 Å². The summed E-state index contributed by atoms with van der Waals surface area (Å²) < 4.78 is 28.3. The number of carbonyl (C=O) groups excluding carboxylic acids is 1. The van der Waals surface area contributed by atoms with Crippen molar-refractivity contribution in [3.05, 3.63) is 48.3 Å². The quantitative estimate of drug-likeness (QED) is 0.629. The van der Waals surface area contributed by atoms with E-state index in [0.29, 0.717) is 30.7 Å². The highest BCUT2D eigenvalue weighted by atomic mass is 32.2. The zero-order chi connectivity index (χ0) is 17.7. The molecule has 0 radical (unpaired) electrons. The summed E-state index contributed by atoms with van der Waals surface area (Å²) in [7, 11) is 0. The van der Waals surface area contributed by atoms with Crippen LogP contribution in [0.15, 0.2) is 53.5 Å². The number of nitrogens with zero attached hydrogens (tertiary/aromatic N) is 3. The third-order valence-corrected chi connectivity index (χ3v) is 4.18. The Morgan fingerprint density at radius 3 is 3.00 bits per heavy atom. The second kappa shape index (κ2) is 7.56. The number of aromatic nitrogens is 4. The minimum atomic E-state index is -3.69. The number of alkyl halides is 2. The van der Waals surface area contributed by atoms with Gasteiger partial charge in [0.15, 0.2) is 5.82 Å². The Labute approximate surface area is 146 Å². The molecule has 1 amide bonds. The highest BCUT2D eigenvalue weighted by molar-refractivity contribution is 8.00. The molecule has 25 heavy (non-hydrogen) atoms. The largest absolute Gasteiger partial charge is 0.378 e. The number of carbonyl (C=O) groups is 1. The third kappa shape index (κ3) is 4.50. The molecule has 130 valence electrons. The molecule has 0 aromatic carbocycles. The normalized spacial score (nSPS) is 14.7. The van der Waals surface area contributed by atoms with Gasteiger partial charge in [-0.05, 0) is 31.4 Å². The molecule has 9 heteroatoms. The fourth-order valence-electron chi connectivity index (χ4n) is 2.17. The van der Waals surface area contributed by atoms with Crippen molar-refractivity contribution >= 4 is 17.7 Å². The van der Waals surface area contributed by atoms with Crippen molar-refractivity contribution in [2.75, 3.05) is 0 Å². The number of rotatable bonds is 5. The zero-order valence-corrected chi connectivity index (χ0v) is 13.9. The van der Waals surface area contributed by atoms with E-state index < -0.39 is 11.2 Å². The lowest BCUT2D eigenvalue weighted by Gasteiger charge is -2.15. The zero-order valence-electron chi connectivity index (χ0n) is 13.1. The molecule has 0 bridgehead atoms. The molecular weight excluding hydrogens is 348 g/mol. The Hall–Kier alpha value is -2.55. The van der Waals surface area contributed by atoms with Crippen LogP contribution < -0.4 is 5.32 Å². The SMILES string of the molecule is O=C(NC1=CCC=CCC1)C(F)(F)Sc1n[nH]c(-c2ccccn2)n1. The molecule has 0 unspecified atom stereocenters. The summed E-state index contributed by atoms with van der Waals surface area (Å²) in [5.41, 5.74) is 0.977. The van der Waals surface area contributed by atoms with E-state index in [-0.39, 0.29) is 22.7 Å². The van der Waals surface area contributed by atoms with Crippen LogP contribution in [0.25, 0.3) is 11.5 Å². The first-order valence-electron chi connectivity index (χ1n) is 7.61. The summed E-state index contributed by atoms with van der Waals surface area (Å²) in [6.07, 6.45) is 9.01. The van der Waals surface area contributed by atoms with Crippen molar-refractivity contribution in [2.24, 2.45) is 0 Å². The lowest BCUT2D eigenvalue weighted by atomic mass is 10.2. The average Bonchev–Trinajstić information content (AvgIpc) is 2.90. The van der Waals surface area contributed by atoms with Crippen LogP contribution in [-0.4, -0.2) is 31.3 Å². The first kappa shape index (κ1) is 17.3. The molecule has 2 aromatic heterocycles. The van der Waals surface area contributed by atoms with Crippen LogP contribution in [0.5, 0.6) is 0 Å². The first-order valence-corrected chi connectivity index (χ1v) is 8.42. The smallest absolute Gasteiger partial charge is 0.324 e. The van der Waals surface area contributed by atoms with Gasteiger partial charge in [-0.2, -0.15) is 13.8 Å². The van der Waals surface area contributed by atoms with E-state index in [2.05, 4.69) is 25.5 Å². The van der Waals surface area contributed by atoms with Gasteiger partial charge in [0.1, 0.15) is 5.69 Å². The van der Waals surface area contributed by atoms with Gasteiger partial charge in [0.2, 0.25) is 5.16 Å². The van der Waals surface area contributed by atoms with Gasteiger partial charge >= 0.3 is 11.2 Å². The average molecular weight is 363 g/mol. The van der Waals surface area contributed by atoms with Crippen molar-refractivity contribution in [1.29, 1.82) is 0 Å². The van der Waals surface area contributed by atoms with Crippen LogP contribution in [0.1, 0.15) is 19.3 Å². The van der Waals surface area contributed by atoms with E-state index in [0.717, 1.165) is 0 Å². The predicted molar refractivity (Wildman–Crippen MR) is 89.6 cm³/mol. The van der Waals surface area contributed by atoms with Gasteiger partial charge in [0, 0.05) is 23.7 Å². The molecule has 6 nitrogen and oxygen atoms in total. The molecule has 0 spiro atoms. The molecule has 0 atom stereocenters. The molecule has 1 aliphatic carbocycles. The minimum Gasteiger partial charge on any atom is -0.324 e. The standard InChI is InChI=1S/C16H15F2N5OS/c17-16(18,14(24)20-11-7-3-1-2-4-8-11)25-15-21-13(22-23-15)12-9-5-6-10-19-12/h1-2,5-7,9-10H,3-4,8H2,(H,20,24)(H,21,22,23). The second-order valence-corrected chi connectivity index (χ2v) is 6.31. The predicted octanol–water partition coefficient (Wildman–Crippen LogP) is 3.29. The molecule has 3 rings (SSSR count). The van der Waals surface area contributed by atoms with E-state index in [1.165, 1.54) is 0 Å². The van der Waals surface area contributed by atoms with Crippen molar-refractivity contribution < 1.29 is 13.6 Å². The number of hydrogen-bond donors (Lipinski definition) is 2. The molecule has 2 N–H and O–H groups in total. The Morgan fingerprint density at radius 2 is 2.20 bits per heavy atom. The van der Waals surface area contributed by atoms with Crippen LogP contribution >= 0.6 is 11.8 Å². The molecule has 0 fully saturated rings. The number of nitrogens with one attached hydrogen (secondary N) is 2. The number of allylic oxidation sites excluding steroid dienone is 4. The van der Waals surface area contributed by atoms with Crippen molar-refractivity contribution in [1.82, 2.24) is 25.5 Å². The van der Waals surface area contributed by atoms with Gasteiger partial charge in [-0.1, -0.05) is 24.3 Å². The van der Waals surface area contributed by atoms with Gasteiger partial charge in [-0.3, -0.25) is 14.9 Å². The van der Waals surface area contributed by atoms with Gasteiger partial charge < -0.3 is 5.32 Å². The summed E-state index contributed by atoms with van der Waals surface area (Å²) >= 11 is -0.00619. The topological polar surface area (TPSA) is 83.6 Å². The lowest BCUT2D eigenvalue weighted by molar-refractivity contribution is -0.134. The minimum absolute atomic E-state index is 0.00619. The van der Waals surface area contributed by atoms with Crippen LogP contribution in [0, 0.1) is 0 Å². The van der Waals surface area contributed by atoms with Gasteiger partial charge in [-0.25, -0.2) is 0 Å². The number of aromatic amines is 1. The maximum absolute atomic E-state index is 14.2. The molecule has 0 aliphatic heterocycles. The van der Waals surface area contributed by atoms with Crippen molar-refractivity contribution in [3.63, 3.8) is 0 Å². The lowest BCUT2D eigenvalue weighted by Crippen LogP contribution is -2.37. The van der Waals surface area contributed by atoms with Crippen molar-refractivity contribution in [2.45, 2.75) is 29.7 Å². The summed E-state index contributed by atoms with van der Waals surface area (Å²) in [5.74, 6) is -1.12. The molecule has 0 saturated carbocycles. The summed E-state index contributed by atoms with van der Waals surface area (Å²) in [6.45, 7) is 0. The summed E-state index contributed by atoms with van der Waals surface area (Å²) in [4.78, 5) is 19.9. The van der Waals surface area contributed by atoms with Gasteiger partial charge in [-0.15, -0.1) is 5.10 Å². The number of halogens is 2. The summed E-state index contributed by atoms with van der Waals surface area (Å²) in [6, 6.07) is 5.15. The number of H-pyrrole nitrogens is 1. The molecule has 0 saturated heterocycles. The van der Waals surface area contributed by atoms with E-state index in [4.69, 9.17) is 0 Å². The number of thioether (sulfide) groups is 1. The van der Waals surface area contributed by atoms with Crippen LogP contribution in [-0.2, 0) is 4.79 Å². The molecule has 1 aliphatic rings. The maximum atomic E-state index is 14.2. The fourth-order valence-corrected chi connectivity index (χ4v) is 2.77. The maximum Gasteiger partial charge on any atom is 0.378 e. The Balaban J connectivity index is 1.65. The monoisotopic (exact) mass is 363 g/mol. The van der Waals surface area contributed by atoms with Gasteiger partial charge in [0.05, 0.1) is 0 Å². The Morgan fingerprint density at radius 1 is 1.32 bits per heavy atom. The second-order valence-electron chi connectivity index (χ2n) is 5.23. The fraction of sp³-hybridized carbons (Fsp3) is 0.250. The number of hydrogen-bond acceptors (Lipinski definition) is 5. The van der Waals surface area contributed by atoms with E-state index in [1.807, 2.05) is 12.2 Å². The highest BCUT2D eigenvalue weighted by Gasteiger charge is 2.42. The van der Waals surface area contributed by atoms with Crippen LogP contribution in [0.3, 0.4) is 0 Å². The number of pyridine rings is 1. The molecular formula is C16H15F2N5OS. The Kier molecular flexibility index (Phi) is 5.22. The highest BCUT2D eigenvalue weighted by Crippen LogP contribution is 2.35. The van der Waals surface area contributed by atoms with Crippen LogP contribution in [0.2, 0.25) is 0 Å². The number of amides is 1. The van der Waals surface area contributed by atoms with Crippen molar-refractivity contribution in [3.8, 4) is 11.5 Å². The molecule has 2 aromatic rings. The Bertz CT molecular complexity index is 804. The summed E-state index contributed by atoms with van der Waals surface area (Å²) in [5, 5.41) is 4.64. The molecule has 2 heterocycles. The van der Waals surface area contributed by atoms with Gasteiger partial charge in [0.25, 0.3) is 0 Å². The van der Waals surface area contributed by atoms with E-state index in [9.17, 15) is 13.6 Å². The van der Waals surface area contributed by atoms with E-state index in [1.54, 1.807) is 30.5 Å². The third-order valence-electron chi connectivity index (χ3n) is 3.38. The van der Waals surface area contributed by atoms with E-state index >= 15 is 0 Å².